The van der Waals surface area contributed by atoms with Crippen molar-refractivity contribution in [3.63, 3.8) is 0 Å². The van der Waals surface area contributed by atoms with Crippen LogP contribution < -0.4 is 4.74 Å². The summed E-state index contributed by atoms with van der Waals surface area (Å²) < 4.78 is 11.5. The second kappa shape index (κ2) is 10.7. The number of carbonyl (C=O) groups is 1. The Bertz CT molecular complexity index is 918. The van der Waals surface area contributed by atoms with E-state index in [1.54, 1.807) is 0 Å². The van der Waals surface area contributed by atoms with E-state index in [1.807, 2.05) is 73.7 Å². The van der Waals surface area contributed by atoms with Crippen molar-refractivity contribution < 1.29 is 14.3 Å². The predicted octanol–water partition coefficient (Wildman–Crippen LogP) is 6.93. The molecule has 0 N–H and O–H groups in total. The quantitative estimate of drug-likeness (QED) is 0.278. The molecule has 0 radical (unpaired) electrons. The number of carbonyl (C=O) groups excluding carboxylic acids is 1. The first kappa shape index (κ1) is 20.9. The summed E-state index contributed by atoms with van der Waals surface area (Å²) in [6.07, 6.45) is 5.62. The third-order valence-corrected chi connectivity index (χ3v) is 5.07. The second-order valence-corrected chi connectivity index (χ2v) is 7.56. The third-order valence-electron chi connectivity index (χ3n) is 5.07. The van der Waals surface area contributed by atoms with Crippen LogP contribution in [0.5, 0.6) is 5.75 Å². The van der Waals surface area contributed by atoms with E-state index in [4.69, 9.17) is 9.47 Å². The van der Waals surface area contributed by atoms with Gasteiger partial charge in [-0.2, -0.15) is 0 Å². The molecule has 0 amide bonds. The van der Waals surface area contributed by atoms with E-state index in [9.17, 15) is 4.79 Å². The molecule has 0 aliphatic rings. The van der Waals surface area contributed by atoms with Crippen LogP contribution in [0.2, 0.25) is 0 Å². The molecule has 0 spiro atoms. The molecule has 152 valence electrons. The highest BCUT2D eigenvalue weighted by Gasteiger charge is 2.12. The van der Waals surface area contributed by atoms with Crippen LogP contribution in [-0.2, 0) is 11.3 Å². The minimum Gasteiger partial charge on any atom is -0.489 e. The second-order valence-electron chi connectivity index (χ2n) is 7.56. The van der Waals surface area contributed by atoms with Crippen LogP contribution in [0.1, 0.15) is 61.9 Å². The van der Waals surface area contributed by atoms with Crippen molar-refractivity contribution >= 4 is 16.7 Å². The van der Waals surface area contributed by atoms with E-state index in [0.29, 0.717) is 12.2 Å². The topological polar surface area (TPSA) is 35.5 Å². The molecule has 0 bridgehead atoms. The van der Waals surface area contributed by atoms with Crippen molar-refractivity contribution in [2.24, 2.45) is 0 Å². The van der Waals surface area contributed by atoms with Gasteiger partial charge in [-0.1, -0.05) is 68.7 Å². The smallest absolute Gasteiger partial charge is 0.338 e. The highest BCUT2D eigenvalue weighted by Crippen LogP contribution is 2.23. The lowest BCUT2D eigenvalue weighted by Crippen LogP contribution is -2.15. The van der Waals surface area contributed by atoms with Gasteiger partial charge in [0.1, 0.15) is 12.4 Å². The Morgan fingerprint density at radius 1 is 0.897 bits per heavy atom. The molecule has 0 saturated carbocycles. The predicted molar refractivity (Wildman–Crippen MR) is 118 cm³/mol. The van der Waals surface area contributed by atoms with Crippen molar-refractivity contribution in [2.45, 2.75) is 58.7 Å². The van der Waals surface area contributed by atoms with Crippen molar-refractivity contribution in [1.82, 2.24) is 0 Å². The molecule has 3 nitrogen and oxygen atoms in total. The molecule has 3 aromatic carbocycles. The minimum absolute atomic E-state index is 0.0520. The summed E-state index contributed by atoms with van der Waals surface area (Å²) in [6.45, 7) is 4.70. The van der Waals surface area contributed by atoms with E-state index in [1.165, 1.54) is 19.3 Å². The number of benzene rings is 3. The Hall–Kier alpha value is -2.81. The SMILES string of the molecule is CCCCCC[C@H](C)OC(=O)c1ccc2cc(OCc3ccccc3)ccc2c1. The molecule has 0 saturated heterocycles. The summed E-state index contributed by atoms with van der Waals surface area (Å²) in [5.74, 6) is 0.566. The zero-order chi connectivity index (χ0) is 20.5. The van der Waals surface area contributed by atoms with Crippen molar-refractivity contribution in [3.05, 3.63) is 77.9 Å². The Labute approximate surface area is 173 Å². The average molecular weight is 391 g/mol. The maximum absolute atomic E-state index is 12.5. The molecule has 3 aromatic rings. The lowest BCUT2D eigenvalue weighted by Gasteiger charge is -2.13. The van der Waals surface area contributed by atoms with E-state index in [2.05, 4.69) is 6.92 Å². The number of fused-ring (bicyclic) bond motifs is 1. The summed E-state index contributed by atoms with van der Waals surface area (Å²) in [5.41, 5.74) is 1.73. The summed E-state index contributed by atoms with van der Waals surface area (Å²) in [7, 11) is 0. The van der Waals surface area contributed by atoms with Gasteiger partial charge in [0.2, 0.25) is 0 Å². The fourth-order valence-electron chi connectivity index (χ4n) is 3.35. The molecule has 0 aromatic heterocycles. The largest absolute Gasteiger partial charge is 0.489 e. The average Bonchev–Trinajstić information content (AvgIpc) is 2.75. The maximum Gasteiger partial charge on any atom is 0.338 e. The molecule has 0 heterocycles. The summed E-state index contributed by atoms with van der Waals surface area (Å²) >= 11 is 0. The zero-order valence-corrected chi connectivity index (χ0v) is 17.4. The van der Waals surface area contributed by atoms with Crippen LogP contribution in [0.25, 0.3) is 10.8 Å². The molecular formula is C26H30O3. The molecule has 3 heteroatoms. The number of unbranched alkanes of at least 4 members (excludes halogenated alkanes) is 3. The molecular weight excluding hydrogens is 360 g/mol. The standard InChI is InChI=1S/C26H30O3/c1-3-4-5-7-10-20(2)29-26(27)24-14-13-23-18-25(16-15-22(23)17-24)28-19-21-11-8-6-9-12-21/h6,8-9,11-18,20H,3-5,7,10,19H2,1-2H3/t20-/m0/s1. The lowest BCUT2D eigenvalue weighted by molar-refractivity contribution is 0.0319. The van der Waals surface area contributed by atoms with Crippen molar-refractivity contribution in [3.8, 4) is 5.75 Å². The van der Waals surface area contributed by atoms with E-state index in [-0.39, 0.29) is 12.1 Å². The van der Waals surface area contributed by atoms with E-state index >= 15 is 0 Å². The van der Waals surface area contributed by atoms with Crippen LogP contribution in [0, 0.1) is 0 Å². The monoisotopic (exact) mass is 390 g/mol. The number of hydrogen-bond acceptors (Lipinski definition) is 3. The Balaban J connectivity index is 1.59. The molecule has 0 fully saturated rings. The normalized spacial score (nSPS) is 11.9. The zero-order valence-electron chi connectivity index (χ0n) is 17.4. The molecule has 29 heavy (non-hydrogen) atoms. The first-order chi connectivity index (χ1) is 14.2. The van der Waals surface area contributed by atoms with Gasteiger partial charge in [0, 0.05) is 0 Å². The highest BCUT2D eigenvalue weighted by atomic mass is 16.5. The fraction of sp³-hybridized carbons (Fsp3) is 0.346. The lowest BCUT2D eigenvalue weighted by atomic mass is 10.1. The van der Waals surface area contributed by atoms with Gasteiger partial charge in [0.05, 0.1) is 11.7 Å². The van der Waals surface area contributed by atoms with Gasteiger partial charge >= 0.3 is 5.97 Å². The van der Waals surface area contributed by atoms with Gasteiger partial charge in [-0.05, 0) is 60.4 Å². The van der Waals surface area contributed by atoms with Crippen molar-refractivity contribution in [2.75, 3.05) is 0 Å². The molecule has 3 rings (SSSR count). The summed E-state index contributed by atoms with van der Waals surface area (Å²) in [6, 6.07) is 21.7. The Morgan fingerprint density at radius 3 is 2.45 bits per heavy atom. The number of hydrogen-bond donors (Lipinski definition) is 0. The van der Waals surface area contributed by atoms with Crippen LogP contribution in [-0.4, -0.2) is 12.1 Å². The van der Waals surface area contributed by atoms with Gasteiger partial charge < -0.3 is 9.47 Å². The number of ether oxygens (including phenoxy) is 2. The van der Waals surface area contributed by atoms with E-state index < -0.39 is 0 Å². The first-order valence-electron chi connectivity index (χ1n) is 10.6. The fourth-order valence-corrected chi connectivity index (χ4v) is 3.35. The van der Waals surface area contributed by atoms with Gasteiger partial charge in [-0.25, -0.2) is 4.79 Å². The number of esters is 1. The van der Waals surface area contributed by atoms with E-state index in [0.717, 1.165) is 34.9 Å². The molecule has 1 atom stereocenters. The Morgan fingerprint density at radius 2 is 1.66 bits per heavy atom. The van der Waals surface area contributed by atoms with Gasteiger partial charge in [-0.3, -0.25) is 0 Å². The van der Waals surface area contributed by atoms with Crippen LogP contribution >= 0.6 is 0 Å². The van der Waals surface area contributed by atoms with Crippen LogP contribution in [0.4, 0.5) is 0 Å². The first-order valence-corrected chi connectivity index (χ1v) is 10.6. The minimum atomic E-state index is -0.251. The highest BCUT2D eigenvalue weighted by molar-refractivity contribution is 5.95. The van der Waals surface area contributed by atoms with Crippen LogP contribution in [0.3, 0.4) is 0 Å². The summed E-state index contributed by atoms with van der Waals surface area (Å²) in [4.78, 5) is 12.5. The summed E-state index contributed by atoms with van der Waals surface area (Å²) in [5, 5.41) is 2.04. The maximum atomic E-state index is 12.5. The van der Waals surface area contributed by atoms with Crippen LogP contribution in [0.15, 0.2) is 66.7 Å². The number of rotatable bonds is 10. The molecule has 0 unspecified atom stereocenters. The molecule has 0 aliphatic heterocycles. The van der Waals surface area contributed by atoms with Gasteiger partial charge in [0.25, 0.3) is 0 Å². The Kier molecular flexibility index (Phi) is 7.69. The van der Waals surface area contributed by atoms with Crippen molar-refractivity contribution in [1.29, 1.82) is 0 Å². The van der Waals surface area contributed by atoms with Gasteiger partial charge in [0.15, 0.2) is 0 Å². The third kappa shape index (κ3) is 6.35. The molecule has 0 aliphatic carbocycles. The van der Waals surface area contributed by atoms with Gasteiger partial charge in [-0.15, -0.1) is 0 Å².